The Bertz CT molecular complexity index is 364. The summed E-state index contributed by atoms with van der Waals surface area (Å²) in [7, 11) is 2.20. The number of nitrogens with zero attached hydrogens (tertiary/aromatic N) is 1. The topological polar surface area (TPSA) is 20.3 Å². The zero-order chi connectivity index (χ0) is 12.8. The van der Waals surface area contributed by atoms with E-state index in [0.717, 1.165) is 38.6 Å². The monoisotopic (exact) mass is 245 g/mol. The zero-order valence-electron chi connectivity index (χ0n) is 11.3. The number of Topliss-reactive ketones (excluding diaryl/α,β-unsaturated/α-hetero) is 1. The minimum atomic E-state index is 0.448. The maximum absolute atomic E-state index is 11.2. The van der Waals surface area contributed by atoms with E-state index in [1.807, 2.05) is 0 Å². The summed E-state index contributed by atoms with van der Waals surface area (Å²) in [5.41, 5.74) is 1.42. The van der Waals surface area contributed by atoms with Crippen molar-refractivity contribution in [2.24, 2.45) is 0 Å². The molecule has 0 heterocycles. The maximum Gasteiger partial charge on any atom is 0.133 e. The standard InChI is InChI=1S/C16H23NO/c1-17(15-9-11-16(18)12-10-15)13-5-8-14-6-3-2-4-7-14/h2-4,6-7,15H,5,8-13H2,1H3. The van der Waals surface area contributed by atoms with E-state index in [1.54, 1.807) is 0 Å². The normalized spacial score (nSPS) is 17.3. The van der Waals surface area contributed by atoms with Crippen molar-refractivity contribution in [3.05, 3.63) is 35.9 Å². The van der Waals surface area contributed by atoms with Crippen LogP contribution in [0.5, 0.6) is 0 Å². The minimum absolute atomic E-state index is 0.448. The first-order valence-corrected chi connectivity index (χ1v) is 7.01. The fourth-order valence-corrected chi connectivity index (χ4v) is 2.73. The molecule has 0 amide bonds. The largest absolute Gasteiger partial charge is 0.303 e. The van der Waals surface area contributed by atoms with E-state index in [1.165, 1.54) is 12.0 Å². The van der Waals surface area contributed by atoms with E-state index in [0.29, 0.717) is 11.8 Å². The molecule has 98 valence electrons. The summed E-state index contributed by atoms with van der Waals surface area (Å²) in [4.78, 5) is 13.7. The first-order valence-electron chi connectivity index (χ1n) is 7.01. The Balaban J connectivity index is 1.68. The molecule has 1 fully saturated rings. The lowest BCUT2D eigenvalue weighted by molar-refractivity contribution is -0.121. The quantitative estimate of drug-likeness (QED) is 0.794. The number of carbonyl (C=O) groups excluding carboxylic acids is 1. The number of carbonyl (C=O) groups is 1. The van der Waals surface area contributed by atoms with Crippen molar-refractivity contribution >= 4 is 5.78 Å². The van der Waals surface area contributed by atoms with E-state index < -0.39 is 0 Å². The lowest BCUT2D eigenvalue weighted by Gasteiger charge is -2.30. The van der Waals surface area contributed by atoms with Gasteiger partial charge in [-0.25, -0.2) is 0 Å². The minimum Gasteiger partial charge on any atom is -0.303 e. The molecule has 0 bridgehead atoms. The molecule has 0 unspecified atom stereocenters. The molecule has 0 spiro atoms. The lowest BCUT2D eigenvalue weighted by atomic mass is 9.93. The number of rotatable bonds is 5. The van der Waals surface area contributed by atoms with Crippen LogP contribution in [-0.2, 0) is 11.2 Å². The number of hydrogen-bond acceptors (Lipinski definition) is 2. The molecule has 1 aromatic carbocycles. The van der Waals surface area contributed by atoms with Gasteiger partial charge in [0.15, 0.2) is 0 Å². The van der Waals surface area contributed by atoms with Crippen LogP contribution >= 0.6 is 0 Å². The smallest absolute Gasteiger partial charge is 0.133 e. The van der Waals surface area contributed by atoms with Gasteiger partial charge in [-0.05, 0) is 44.8 Å². The van der Waals surface area contributed by atoms with E-state index in [-0.39, 0.29) is 0 Å². The highest BCUT2D eigenvalue weighted by molar-refractivity contribution is 5.79. The van der Waals surface area contributed by atoms with Gasteiger partial charge in [0.2, 0.25) is 0 Å². The zero-order valence-corrected chi connectivity index (χ0v) is 11.3. The molecule has 0 saturated heterocycles. The third kappa shape index (κ3) is 3.95. The second kappa shape index (κ2) is 6.69. The summed E-state index contributed by atoms with van der Waals surface area (Å²) in [6.45, 7) is 1.13. The van der Waals surface area contributed by atoms with Crippen LogP contribution < -0.4 is 0 Å². The lowest BCUT2D eigenvalue weighted by Crippen LogP contribution is -2.36. The van der Waals surface area contributed by atoms with Crippen LogP contribution in [0.2, 0.25) is 0 Å². The summed E-state index contributed by atoms with van der Waals surface area (Å²) in [6.07, 6.45) is 6.03. The van der Waals surface area contributed by atoms with Crippen molar-refractivity contribution in [2.75, 3.05) is 13.6 Å². The van der Waals surface area contributed by atoms with Crippen molar-refractivity contribution in [3.63, 3.8) is 0 Å². The Morgan fingerprint density at radius 3 is 2.50 bits per heavy atom. The average molecular weight is 245 g/mol. The van der Waals surface area contributed by atoms with Gasteiger partial charge in [0.05, 0.1) is 0 Å². The molecule has 0 N–H and O–H groups in total. The van der Waals surface area contributed by atoms with Crippen LogP contribution in [0.4, 0.5) is 0 Å². The molecular weight excluding hydrogens is 222 g/mol. The highest BCUT2D eigenvalue weighted by Crippen LogP contribution is 2.19. The molecule has 0 radical (unpaired) electrons. The van der Waals surface area contributed by atoms with Crippen molar-refractivity contribution in [1.82, 2.24) is 4.90 Å². The number of benzene rings is 1. The molecule has 0 atom stereocenters. The second-order valence-electron chi connectivity index (χ2n) is 5.34. The first kappa shape index (κ1) is 13.3. The number of aryl methyl sites for hydroxylation is 1. The van der Waals surface area contributed by atoms with Gasteiger partial charge in [0.25, 0.3) is 0 Å². The van der Waals surface area contributed by atoms with Crippen LogP contribution in [0.3, 0.4) is 0 Å². The second-order valence-corrected chi connectivity index (χ2v) is 5.34. The predicted octanol–water partition coefficient (Wildman–Crippen LogP) is 3.06. The molecule has 2 rings (SSSR count). The highest BCUT2D eigenvalue weighted by Gasteiger charge is 2.21. The van der Waals surface area contributed by atoms with Crippen LogP contribution in [0.1, 0.15) is 37.7 Å². The van der Waals surface area contributed by atoms with Gasteiger partial charge in [0.1, 0.15) is 5.78 Å². The third-order valence-electron chi connectivity index (χ3n) is 3.96. The fourth-order valence-electron chi connectivity index (χ4n) is 2.73. The molecular formula is C16H23NO. The summed E-state index contributed by atoms with van der Waals surface area (Å²) < 4.78 is 0. The summed E-state index contributed by atoms with van der Waals surface area (Å²) in [5, 5.41) is 0. The molecule has 18 heavy (non-hydrogen) atoms. The SMILES string of the molecule is CN(CCCc1ccccc1)C1CCC(=O)CC1. The van der Waals surface area contributed by atoms with E-state index in [4.69, 9.17) is 0 Å². The van der Waals surface area contributed by atoms with Crippen LogP contribution in [0, 0.1) is 0 Å². The van der Waals surface area contributed by atoms with E-state index in [9.17, 15) is 4.79 Å². The van der Waals surface area contributed by atoms with Crippen LogP contribution in [-0.4, -0.2) is 30.3 Å². The molecule has 1 aromatic rings. The van der Waals surface area contributed by atoms with Gasteiger partial charge >= 0.3 is 0 Å². The number of ketones is 1. The number of hydrogen-bond donors (Lipinski definition) is 0. The molecule has 2 nitrogen and oxygen atoms in total. The van der Waals surface area contributed by atoms with Gasteiger partial charge in [0, 0.05) is 18.9 Å². The fraction of sp³-hybridized carbons (Fsp3) is 0.562. The predicted molar refractivity (Wildman–Crippen MR) is 74.7 cm³/mol. The maximum atomic E-state index is 11.2. The summed E-state index contributed by atoms with van der Waals surface area (Å²) in [5.74, 6) is 0.448. The van der Waals surface area contributed by atoms with E-state index >= 15 is 0 Å². The molecule has 2 heteroatoms. The highest BCUT2D eigenvalue weighted by atomic mass is 16.1. The van der Waals surface area contributed by atoms with Gasteiger partial charge < -0.3 is 4.90 Å². The summed E-state index contributed by atoms with van der Waals surface area (Å²) in [6, 6.07) is 11.3. The molecule has 0 aromatic heterocycles. The van der Waals surface area contributed by atoms with Crippen LogP contribution in [0.25, 0.3) is 0 Å². The van der Waals surface area contributed by atoms with Gasteiger partial charge in [-0.15, -0.1) is 0 Å². The van der Waals surface area contributed by atoms with Crippen molar-refractivity contribution in [3.8, 4) is 0 Å². The van der Waals surface area contributed by atoms with E-state index in [2.05, 4.69) is 42.3 Å². The first-order chi connectivity index (χ1) is 8.75. The average Bonchev–Trinajstić information content (AvgIpc) is 2.40. The summed E-state index contributed by atoms with van der Waals surface area (Å²) >= 11 is 0. The Hall–Kier alpha value is -1.15. The van der Waals surface area contributed by atoms with Crippen molar-refractivity contribution < 1.29 is 4.79 Å². The van der Waals surface area contributed by atoms with Crippen molar-refractivity contribution in [2.45, 2.75) is 44.6 Å². The Morgan fingerprint density at radius 1 is 1.17 bits per heavy atom. The molecule has 1 saturated carbocycles. The molecule has 1 aliphatic rings. The van der Waals surface area contributed by atoms with Gasteiger partial charge in [-0.1, -0.05) is 30.3 Å². The molecule has 1 aliphatic carbocycles. The van der Waals surface area contributed by atoms with Crippen molar-refractivity contribution in [1.29, 1.82) is 0 Å². The van der Waals surface area contributed by atoms with Crippen LogP contribution in [0.15, 0.2) is 30.3 Å². The Labute approximate surface area is 110 Å². The third-order valence-corrected chi connectivity index (χ3v) is 3.96. The van der Waals surface area contributed by atoms with Gasteiger partial charge in [-0.3, -0.25) is 4.79 Å². The molecule has 0 aliphatic heterocycles. The Morgan fingerprint density at radius 2 is 1.83 bits per heavy atom. The Kier molecular flexibility index (Phi) is 4.94. The van der Waals surface area contributed by atoms with Gasteiger partial charge in [-0.2, -0.15) is 0 Å².